The Hall–Kier alpha value is -2.24. The third kappa shape index (κ3) is 2.92. The first-order valence-electron chi connectivity index (χ1n) is 8.57. The Bertz CT molecular complexity index is 731. The highest BCUT2D eigenvalue weighted by Gasteiger charge is 2.37. The van der Waals surface area contributed by atoms with Crippen LogP contribution < -0.4 is 0 Å². The van der Waals surface area contributed by atoms with Gasteiger partial charge in [-0.05, 0) is 25.8 Å². The largest absolute Gasteiger partial charge is 0.334 e. The lowest BCUT2D eigenvalue weighted by molar-refractivity contribution is -0.140. The second-order valence-corrected chi connectivity index (χ2v) is 7.23. The SMILES string of the molecule is CCn1nccc1-c1nccnc1[C@H]1CCCN1C(=O)C(C)(C)C. The van der Waals surface area contributed by atoms with Gasteiger partial charge in [0.1, 0.15) is 5.69 Å². The molecule has 1 atom stereocenters. The van der Waals surface area contributed by atoms with E-state index in [4.69, 9.17) is 0 Å². The highest BCUT2D eigenvalue weighted by Crippen LogP contribution is 2.37. The maximum atomic E-state index is 12.8. The van der Waals surface area contributed by atoms with Gasteiger partial charge in [0.05, 0.1) is 17.4 Å². The summed E-state index contributed by atoms with van der Waals surface area (Å²) in [7, 11) is 0. The molecule has 2 aromatic rings. The van der Waals surface area contributed by atoms with Crippen LogP contribution in [0.1, 0.15) is 52.3 Å². The molecule has 0 radical (unpaired) electrons. The molecule has 1 saturated heterocycles. The number of amides is 1. The molecule has 1 aliphatic rings. The topological polar surface area (TPSA) is 63.9 Å². The number of likely N-dealkylation sites (tertiary alicyclic amines) is 1. The lowest BCUT2D eigenvalue weighted by atomic mass is 9.94. The molecular weight excluding hydrogens is 302 g/mol. The summed E-state index contributed by atoms with van der Waals surface area (Å²) in [6.45, 7) is 9.51. The third-order valence-corrected chi connectivity index (χ3v) is 4.46. The summed E-state index contributed by atoms with van der Waals surface area (Å²) in [6, 6.07) is 1.95. The van der Waals surface area contributed by atoms with Gasteiger partial charge in [-0.3, -0.25) is 19.4 Å². The minimum absolute atomic E-state index is 0.0133. The minimum Gasteiger partial charge on any atom is -0.334 e. The molecule has 128 valence electrons. The van der Waals surface area contributed by atoms with E-state index >= 15 is 0 Å². The van der Waals surface area contributed by atoms with E-state index < -0.39 is 5.41 Å². The summed E-state index contributed by atoms with van der Waals surface area (Å²) in [6.07, 6.45) is 7.12. The van der Waals surface area contributed by atoms with Gasteiger partial charge in [-0.15, -0.1) is 0 Å². The van der Waals surface area contributed by atoms with Crippen LogP contribution in [0, 0.1) is 5.41 Å². The number of aryl methyl sites for hydroxylation is 1. The molecule has 1 fully saturated rings. The van der Waals surface area contributed by atoms with Gasteiger partial charge in [-0.25, -0.2) is 0 Å². The van der Waals surface area contributed by atoms with Crippen molar-refractivity contribution in [1.82, 2.24) is 24.6 Å². The predicted octanol–water partition coefficient (Wildman–Crippen LogP) is 3.07. The smallest absolute Gasteiger partial charge is 0.228 e. The molecule has 3 rings (SSSR count). The fourth-order valence-electron chi connectivity index (χ4n) is 3.30. The highest BCUT2D eigenvalue weighted by atomic mass is 16.2. The number of carbonyl (C=O) groups excluding carboxylic acids is 1. The van der Waals surface area contributed by atoms with Crippen molar-refractivity contribution in [2.24, 2.45) is 5.41 Å². The van der Waals surface area contributed by atoms with Crippen LogP contribution in [-0.4, -0.2) is 37.1 Å². The van der Waals surface area contributed by atoms with E-state index in [-0.39, 0.29) is 11.9 Å². The predicted molar refractivity (Wildman–Crippen MR) is 92.1 cm³/mol. The standard InChI is InChI=1S/C18H25N5O/c1-5-23-14(8-9-21-23)16-15(19-10-11-20-16)13-7-6-12-22(13)17(24)18(2,3)4/h8-11,13H,5-7,12H2,1-4H3/t13-/m1/s1. The normalized spacial score (nSPS) is 18.2. The van der Waals surface area contributed by atoms with Crippen molar-refractivity contribution < 1.29 is 4.79 Å². The first-order chi connectivity index (χ1) is 11.4. The average molecular weight is 327 g/mol. The first-order valence-corrected chi connectivity index (χ1v) is 8.57. The van der Waals surface area contributed by atoms with E-state index in [0.717, 1.165) is 43.0 Å². The Labute approximate surface area is 142 Å². The Morgan fingerprint density at radius 1 is 1.25 bits per heavy atom. The van der Waals surface area contributed by atoms with Crippen LogP contribution in [0.3, 0.4) is 0 Å². The number of nitrogens with zero attached hydrogens (tertiary/aromatic N) is 5. The molecule has 2 aromatic heterocycles. The Balaban J connectivity index is 2.02. The zero-order valence-corrected chi connectivity index (χ0v) is 14.9. The first kappa shape index (κ1) is 16.6. The van der Waals surface area contributed by atoms with Crippen molar-refractivity contribution in [3.05, 3.63) is 30.4 Å². The van der Waals surface area contributed by atoms with Crippen molar-refractivity contribution in [3.63, 3.8) is 0 Å². The zero-order valence-electron chi connectivity index (χ0n) is 14.9. The fourth-order valence-corrected chi connectivity index (χ4v) is 3.30. The van der Waals surface area contributed by atoms with Gasteiger partial charge in [0.25, 0.3) is 0 Å². The Morgan fingerprint density at radius 3 is 2.71 bits per heavy atom. The van der Waals surface area contributed by atoms with Crippen molar-refractivity contribution in [3.8, 4) is 11.4 Å². The van der Waals surface area contributed by atoms with E-state index in [1.165, 1.54) is 0 Å². The minimum atomic E-state index is -0.393. The molecule has 0 saturated carbocycles. The Kier molecular flexibility index (Phi) is 4.39. The van der Waals surface area contributed by atoms with Crippen LogP contribution in [0.2, 0.25) is 0 Å². The molecule has 0 N–H and O–H groups in total. The van der Waals surface area contributed by atoms with Gasteiger partial charge in [0.2, 0.25) is 5.91 Å². The van der Waals surface area contributed by atoms with Gasteiger partial charge in [-0.2, -0.15) is 5.10 Å². The highest BCUT2D eigenvalue weighted by molar-refractivity contribution is 5.82. The van der Waals surface area contributed by atoms with Crippen LogP contribution in [-0.2, 0) is 11.3 Å². The number of aromatic nitrogens is 4. The average Bonchev–Trinajstić information content (AvgIpc) is 3.22. The molecule has 0 unspecified atom stereocenters. The van der Waals surface area contributed by atoms with Crippen molar-refractivity contribution in [2.75, 3.05) is 6.54 Å². The third-order valence-electron chi connectivity index (χ3n) is 4.46. The Morgan fingerprint density at radius 2 is 2.00 bits per heavy atom. The molecule has 1 amide bonds. The van der Waals surface area contributed by atoms with Crippen LogP contribution in [0.5, 0.6) is 0 Å². The molecule has 1 aliphatic heterocycles. The number of hydrogen-bond acceptors (Lipinski definition) is 4. The van der Waals surface area contributed by atoms with Crippen molar-refractivity contribution in [2.45, 2.75) is 53.1 Å². The second-order valence-electron chi connectivity index (χ2n) is 7.23. The quantitative estimate of drug-likeness (QED) is 0.869. The molecular formula is C18H25N5O. The number of carbonyl (C=O) groups is 1. The van der Waals surface area contributed by atoms with Crippen LogP contribution in [0.25, 0.3) is 11.4 Å². The number of rotatable bonds is 3. The summed E-state index contributed by atoms with van der Waals surface area (Å²) in [5.41, 5.74) is 2.27. The van der Waals surface area contributed by atoms with Gasteiger partial charge in [0, 0.05) is 37.1 Å². The van der Waals surface area contributed by atoms with E-state index in [2.05, 4.69) is 22.0 Å². The molecule has 6 heteroatoms. The number of hydrogen-bond donors (Lipinski definition) is 0. The van der Waals surface area contributed by atoms with E-state index in [0.29, 0.717) is 0 Å². The van der Waals surface area contributed by atoms with Crippen LogP contribution >= 0.6 is 0 Å². The maximum absolute atomic E-state index is 12.8. The summed E-state index contributed by atoms with van der Waals surface area (Å²) in [5.74, 6) is 0.172. The lowest BCUT2D eigenvalue weighted by Gasteiger charge is -2.31. The van der Waals surface area contributed by atoms with E-state index in [9.17, 15) is 4.79 Å². The van der Waals surface area contributed by atoms with Crippen LogP contribution in [0.4, 0.5) is 0 Å². The molecule has 24 heavy (non-hydrogen) atoms. The summed E-state index contributed by atoms with van der Waals surface area (Å²) < 4.78 is 1.92. The van der Waals surface area contributed by atoms with Crippen molar-refractivity contribution in [1.29, 1.82) is 0 Å². The second kappa shape index (κ2) is 6.34. The molecule has 0 aromatic carbocycles. The van der Waals surface area contributed by atoms with Crippen molar-refractivity contribution >= 4 is 5.91 Å². The summed E-state index contributed by atoms with van der Waals surface area (Å²) in [5, 5.41) is 4.34. The maximum Gasteiger partial charge on any atom is 0.228 e. The molecule has 0 spiro atoms. The molecule has 6 nitrogen and oxygen atoms in total. The van der Waals surface area contributed by atoms with Crippen LogP contribution in [0.15, 0.2) is 24.7 Å². The molecule has 3 heterocycles. The summed E-state index contributed by atoms with van der Waals surface area (Å²) >= 11 is 0. The summed E-state index contributed by atoms with van der Waals surface area (Å²) in [4.78, 5) is 24.0. The molecule has 0 aliphatic carbocycles. The van der Waals surface area contributed by atoms with E-state index in [1.54, 1.807) is 18.6 Å². The van der Waals surface area contributed by atoms with E-state index in [1.807, 2.05) is 36.4 Å². The van der Waals surface area contributed by atoms with Gasteiger partial charge in [-0.1, -0.05) is 20.8 Å². The van der Waals surface area contributed by atoms with Gasteiger partial charge in [0.15, 0.2) is 0 Å². The monoisotopic (exact) mass is 327 g/mol. The fraction of sp³-hybridized carbons (Fsp3) is 0.556. The van der Waals surface area contributed by atoms with Gasteiger partial charge < -0.3 is 4.90 Å². The zero-order chi connectivity index (χ0) is 17.3. The van der Waals surface area contributed by atoms with Gasteiger partial charge >= 0.3 is 0 Å². The molecule has 0 bridgehead atoms. The lowest BCUT2D eigenvalue weighted by Crippen LogP contribution is -2.39.